The number of nitrogens with zero attached hydrogens (tertiary/aromatic N) is 3. The molecule has 2 heterocycles. The van der Waals surface area contributed by atoms with E-state index in [1.54, 1.807) is 0 Å². The lowest BCUT2D eigenvalue weighted by Gasteiger charge is -2.21. The number of fused-ring (bicyclic) bond motifs is 5. The summed E-state index contributed by atoms with van der Waals surface area (Å²) >= 11 is 0. The summed E-state index contributed by atoms with van der Waals surface area (Å²) in [6.07, 6.45) is 8.81. The van der Waals surface area contributed by atoms with Crippen molar-refractivity contribution in [1.29, 1.82) is 0 Å². The van der Waals surface area contributed by atoms with Crippen LogP contribution >= 0.6 is 0 Å². The highest BCUT2D eigenvalue weighted by molar-refractivity contribution is 6.16. The highest BCUT2D eigenvalue weighted by Crippen LogP contribution is 2.42. The topological polar surface area (TPSA) is 51.8 Å². The van der Waals surface area contributed by atoms with E-state index in [1.807, 2.05) is 12.1 Å². The lowest BCUT2D eigenvalue weighted by atomic mass is 9.84. The molecule has 0 spiro atoms. The lowest BCUT2D eigenvalue weighted by Crippen LogP contribution is -2.07. The Morgan fingerprint density at radius 3 is 1.81 bits per heavy atom. The normalized spacial score (nSPS) is 15.6. The van der Waals surface area contributed by atoms with Crippen molar-refractivity contribution in [2.75, 3.05) is 0 Å². The summed E-state index contributed by atoms with van der Waals surface area (Å²) < 4.78 is 6.69. The van der Waals surface area contributed by atoms with Crippen molar-refractivity contribution >= 4 is 43.5 Å². The summed E-state index contributed by atoms with van der Waals surface area (Å²) in [5.74, 6) is 2.64. The maximum Gasteiger partial charge on any atom is 0.164 e. The number of hydrogen-bond donors (Lipinski definition) is 0. The number of furan rings is 1. The van der Waals surface area contributed by atoms with Crippen molar-refractivity contribution in [1.82, 2.24) is 15.0 Å². The summed E-state index contributed by atoms with van der Waals surface area (Å²) in [4.78, 5) is 15.5. The minimum Gasteiger partial charge on any atom is -0.455 e. The Morgan fingerprint density at radius 1 is 0.481 bits per heavy atom. The van der Waals surface area contributed by atoms with E-state index in [1.165, 1.54) is 21.7 Å². The van der Waals surface area contributed by atoms with Crippen LogP contribution in [0.2, 0.25) is 0 Å². The fraction of sp³-hybridized carbons (Fsp3) is 0.0625. The number of benzene rings is 7. The molecule has 2 aromatic heterocycles. The van der Waals surface area contributed by atoms with Crippen molar-refractivity contribution < 1.29 is 4.42 Å². The van der Waals surface area contributed by atoms with Gasteiger partial charge in [0, 0.05) is 38.9 Å². The summed E-state index contributed by atoms with van der Waals surface area (Å²) in [5.41, 5.74) is 7.83. The van der Waals surface area contributed by atoms with Gasteiger partial charge in [-0.2, -0.15) is 0 Å². The number of hydrogen-bond acceptors (Lipinski definition) is 4. The zero-order valence-electron chi connectivity index (χ0n) is 28.6. The highest BCUT2D eigenvalue weighted by atomic mass is 16.3. The molecule has 0 bridgehead atoms. The van der Waals surface area contributed by atoms with Crippen LogP contribution in [0.25, 0.3) is 88.8 Å². The molecular weight excluding hydrogens is 635 g/mol. The first-order valence-corrected chi connectivity index (χ1v) is 17.8. The largest absolute Gasteiger partial charge is 0.455 e. The highest BCUT2D eigenvalue weighted by Gasteiger charge is 2.22. The second kappa shape index (κ2) is 12.3. The van der Waals surface area contributed by atoms with Crippen LogP contribution in [0.3, 0.4) is 0 Å². The van der Waals surface area contributed by atoms with Gasteiger partial charge in [0.15, 0.2) is 17.5 Å². The van der Waals surface area contributed by atoms with Crippen LogP contribution in [0.1, 0.15) is 18.4 Å². The smallest absolute Gasteiger partial charge is 0.164 e. The zero-order chi connectivity index (χ0) is 34.6. The minimum atomic E-state index is 0.338. The molecule has 52 heavy (non-hydrogen) atoms. The van der Waals surface area contributed by atoms with Crippen LogP contribution in [0.5, 0.6) is 0 Å². The van der Waals surface area contributed by atoms with Crippen LogP contribution in [0, 0.1) is 5.92 Å². The van der Waals surface area contributed by atoms with Crippen LogP contribution in [0.4, 0.5) is 0 Å². The van der Waals surface area contributed by atoms with Gasteiger partial charge in [-0.15, -0.1) is 0 Å². The van der Waals surface area contributed by atoms with E-state index in [4.69, 9.17) is 19.4 Å². The Labute approximate surface area is 301 Å². The molecule has 0 N–H and O–H groups in total. The van der Waals surface area contributed by atoms with E-state index in [0.717, 1.165) is 55.1 Å². The molecule has 0 fully saturated rings. The molecule has 2 atom stereocenters. The molecule has 246 valence electrons. The average molecular weight is 668 g/mol. The molecule has 9 aromatic rings. The van der Waals surface area contributed by atoms with Gasteiger partial charge in [-0.3, -0.25) is 0 Å². The van der Waals surface area contributed by atoms with Crippen molar-refractivity contribution in [3.05, 3.63) is 175 Å². The maximum absolute atomic E-state index is 6.69. The van der Waals surface area contributed by atoms with Crippen LogP contribution in [0.15, 0.2) is 174 Å². The predicted octanol–water partition coefficient (Wildman–Crippen LogP) is 12.6. The van der Waals surface area contributed by atoms with Crippen molar-refractivity contribution in [3.8, 4) is 45.3 Å². The third-order valence-electron chi connectivity index (χ3n) is 10.4. The van der Waals surface area contributed by atoms with Gasteiger partial charge >= 0.3 is 0 Å². The fourth-order valence-electron chi connectivity index (χ4n) is 7.67. The fourth-order valence-corrected chi connectivity index (χ4v) is 7.67. The molecule has 10 rings (SSSR count). The van der Waals surface area contributed by atoms with Gasteiger partial charge in [0.05, 0.1) is 0 Å². The quantitative estimate of drug-likeness (QED) is 0.183. The SMILES string of the molecule is CC1C=CC=CC1c1ccc(-c2nc(-c3ccc4ccccc4c3)nc(-c3ccc(-c4ccc5ccccc5c4)c4oc5ccccc5c34)n2)cc1. The molecule has 2 unspecified atom stereocenters. The Morgan fingerprint density at radius 2 is 1.06 bits per heavy atom. The third kappa shape index (κ3) is 5.19. The van der Waals surface area contributed by atoms with Gasteiger partial charge in [0.2, 0.25) is 0 Å². The monoisotopic (exact) mass is 667 g/mol. The molecule has 1 aliphatic rings. The van der Waals surface area contributed by atoms with Gasteiger partial charge in [0.25, 0.3) is 0 Å². The lowest BCUT2D eigenvalue weighted by molar-refractivity contribution is 0.635. The molecule has 0 amide bonds. The Hall–Kier alpha value is -6.65. The predicted molar refractivity (Wildman–Crippen MR) is 214 cm³/mol. The Kier molecular flexibility index (Phi) is 7.14. The third-order valence-corrected chi connectivity index (χ3v) is 10.4. The van der Waals surface area contributed by atoms with Gasteiger partial charge < -0.3 is 4.42 Å². The van der Waals surface area contributed by atoms with Crippen LogP contribution < -0.4 is 0 Å². The van der Waals surface area contributed by atoms with E-state index >= 15 is 0 Å². The number of rotatable bonds is 5. The van der Waals surface area contributed by atoms with Crippen molar-refractivity contribution in [2.45, 2.75) is 12.8 Å². The first kappa shape index (κ1) is 30.2. The molecule has 4 heteroatoms. The molecule has 4 nitrogen and oxygen atoms in total. The molecule has 0 radical (unpaired) electrons. The molecule has 0 saturated heterocycles. The number of allylic oxidation sites excluding steroid dienone is 4. The van der Waals surface area contributed by atoms with E-state index in [9.17, 15) is 0 Å². The zero-order valence-corrected chi connectivity index (χ0v) is 28.6. The first-order chi connectivity index (χ1) is 25.7. The van der Waals surface area contributed by atoms with Gasteiger partial charge in [-0.05, 0) is 68.9 Å². The second-order valence-electron chi connectivity index (χ2n) is 13.7. The maximum atomic E-state index is 6.69. The van der Waals surface area contributed by atoms with Gasteiger partial charge in [0.1, 0.15) is 11.2 Å². The summed E-state index contributed by atoms with van der Waals surface area (Å²) in [7, 11) is 0. The first-order valence-electron chi connectivity index (χ1n) is 17.8. The Bertz CT molecular complexity index is 2880. The number of para-hydroxylation sites is 1. The summed E-state index contributed by atoms with van der Waals surface area (Å²) in [6, 6.07) is 51.0. The Balaban J connectivity index is 1.18. The molecule has 7 aromatic carbocycles. The second-order valence-corrected chi connectivity index (χ2v) is 13.7. The molecular formula is C48H33N3O. The van der Waals surface area contributed by atoms with E-state index in [0.29, 0.717) is 29.3 Å². The molecule has 0 aliphatic heterocycles. The van der Waals surface area contributed by atoms with Gasteiger partial charge in [-0.1, -0.05) is 146 Å². The van der Waals surface area contributed by atoms with Crippen LogP contribution in [-0.2, 0) is 0 Å². The molecule has 1 aliphatic carbocycles. The standard InChI is InChI=1S/C48H33N3O/c1-30-10-2-7-15-39(30)33-20-22-34(23-21-33)46-49-47(38-25-19-32-12-4-6-14-36(32)29-38)51-48(50-46)42-27-26-40(37-24-18-31-11-3-5-13-35(31)28-37)45-44(42)41-16-8-9-17-43(41)52-45/h2-30,39H,1H3. The summed E-state index contributed by atoms with van der Waals surface area (Å²) in [5, 5.41) is 6.72. The average Bonchev–Trinajstić information content (AvgIpc) is 3.60. The van der Waals surface area contributed by atoms with Crippen LogP contribution in [-0.4, -0.2) is 15.0 Å². The van der Waals surface area contributed by atoms with E-state index < -0.39 is 0 Å². The van der Waals surface area contributed by atoms with Crippen molar-refractivity contribution in [2.24, 2.45) is 5.92 Å². The van der Waals surface area contributed by atoms with E-state index in [2.05, 4.69) is 165 Å². The van der Waals surface area contributed by atoms with Crippen molar-refractivity contribution in [3.63, 3.8) is 0 Å². The van der Waals surface area contributed by atoms with Gasteiger partial charge in [-0.25, -0.2) is 15.0 Å². The molecule has 0 saturated carbocycles. The minimum absolute atomic E-state index is 0.338. The number of aromatic nitrogens is 3. The summed E-state index contributed by atoms with van der Waals surface area (Å²) in [6.45, 7) is 2.26. The van der Waals surface area contributed by atoms with E-state index in [-0.39, 0.29) is 0 Å².